The highest BCUT2D eigenvalue weighted by Crippen LogP contribution is 2.36. The summed E-state index contributed by atoms with van der Waals surface area (Å²) in [6.07, 6.45) is 0. The number of urea groups is 1. The van der Waals surface area contributed by atoms with Crippen LogP contribution in [0.5, 0.6) is 0 Å². The lowest BCUT2D eigenvalue weighted by atomic mass is 9.81. The molecule has 1 aliphatic rings. The molecule has 6 heteroatoms. The third-order valence-electron chi connectivity index (χ3n) is 5.00. The van der Waals surface area contributed by atoms with Crippen LogP contribution in [-0.2, 0) is 15.1 Å². The third kappa shape index (κ3) is 3.38. The van der Waals surface area contributed by atoms with E-state index in [0.717, 1.165) is 16.0 Å². The first-order valence-electron chi connectivity index (χ1n) is 9.32. The number of aryl methyl sites for hydroxylation is 2. The molecule has 0 saturated carbocycles. The Morgan fingerprint density at radius 1 is 1.04 bits per heavy atom. The van der Waals surface area contributed by atoms with Gasteiger partial charge in [-0.1, -0.05) is 48.5 Å². The van der Waals surface area contributed by atoms with Gasteiger partial charge in [0, 0.05) is 6.04 Å². The maximum absolute atomic E-state index is 13.5. The predicted octanol–water partition coefficient (Wildman–Crippen LogP) is 2.62. The number of imide groups is 1. The Bertz CT molecular complexity index is 924. The molecule has 0 aliphatic carbocycles. The van der Waals surface area contributed by atoms with Gasteiger partial charge in [0.25, 0.3) is 5.91 Å². The lowest BCUT2D eigenvalue weighted by Crippen LogP contribution is -2.46. The van der Waals surface area contributed by atoms with Gasteiger partial charge in [0.2, 0.25) is 5.91 Å². The number of nitrogens with one attached hydrogen (secondary N) is 2. The number of carbonyl (C=O) groups is 3. The number of amides is 4. The molecule has 6 nitrogen and oxygen atoms in total. The lowest BCUT2D eigenvalue weighted by molar-refractivity contribution is -0.134. The van der Waals surface area contributed by atoms with Crippen LogP contribution in [0.15, 0.2) is 48.5 Å². The number of benzene rings is 2. The monoisotopic (exact) mass is 379 g/mol. The van der Waals surface area contributed by atoms with E-state index in [0.29, 0.717) is 11.1 Å². The molecule has 2 N–H and O–H groups in total. The second-order valence-corrected chi connectivity index (χ2v) is 7.46. The topological polar surface area (TPSA) is 78.5 Å². The van der Waals surface area contributed by atoms with E-state index in [1.54, 1.807) is 0 Å². The third-order valence-corrected chi connectivity index (χ3v) is 5.00. The highest BCUT2D eigenvalue weighted by molar-refractivity contribution is 6.11. The highest BCUT2D eigenvalue weighted by Gasteiger charge is 2.54. The second-order valence-electron chi connectivity index (χ2n) is 7.46. The minimum atomic E-state index is -1.35. The van der Waals surface area contributed by atoms with E-state index in [9.17, 15) is 14.4 Å². The minimum Gasteiger partial charge on any atom is -0.352 e. The lowest BCUT2D eigenvalue weighted by Gasteiger charge is -2.28. The SMILES string of the molecule is Cc1ccc([C@@]2(c3ccccc3)NC(=O)N(CC(=O)NC(C)C)C2=O)cc1C. The van der Waals surface area contributed by atoms with Crippen molar-refractivity contribution in [1.29, 1.82) is 0 Å². The van der Waals surface area contributed by atoms with Crippen molar-refractivity contribution < 1.29 is 14.4 Å². The van der Waals surface area contributed by atoms with E-state index < -0.39 is 17.5 Å². The van der Waals surface area contributed by atoms with Crippen LogP contribution in [0.3, 0.4) is 0 Å². The van der Waals surface area contributed by atoms with Gasteiger partial charge in [-0.15, -0.1) is 0 Å². The molecule has 1 saturated heterocycles. The van der Waals surface area contributed by atoms with Crippen LogP contribution in [0.1, 0.15) is 36.1 Å². The van der Waals surface area contributed by atoms with Gasteiger partial charge in [-0.3, -0.25) is 14.5 Å². The Hall–Kier alpha value is -3.15. The Kier molecular flexibility index (Phi) is 5.23. The van der Waals surface area contributed by atoms with Crippen molar-refractivity contribution in [3.63, 3.8) is 0 Å². The standard InChI is InChI=1S/C22H25N3O3/c1-14(2)23-19(26)13-25-20(27)22(24-21(25)28,17-8-6-5-7-9-17)18-11-10-15(3)16(4)12-18/h5-12,14H,13H2,1-4H3,(H,23,26)(H,24,28)/t22-/m1/s1. The average molecular weight is 379 g/mol. The average Bonchev–Trinajstić information content (AvgIpc) is 2.89. The molecule has 146 valence electrons. The smallest absolute Gasteiger partial charge is 0.326 e. The molecule has 0 aromatic heterocycles. The molecule has 3 rings (SSSR count). The molecule has 28 heavy (non-hydrogen) atoms. The fraction of sp³-hybridized carbons (Fsp3) is 0.318. The van der Waals surface area contributed by atoms with Gasteiger partial charge in [0.05, 0.1) is 0 Å². The number of hydrogen-bond donors (Lipinski definition) is 2. The highest BCUT2D eigenvalue weighted by atomic mass is 16.2. The molecule has 1 heterocycles. The van der Waals surface area contributed by atoms with E-state index >= 15 is 0 Å². The summed E-state index contributed by atoms with van der Waals surface area (Å²) in [7, 11) is 0. The molecular weight excluding hydrogens is 354 g/mol. The summed E-state index contributed by atoms with van der Waals surface area (Å²) in [5, 5.41) is 5.58. The maximum Gasteiger partial charge on any atom is 0.326 e. The molecule has 0 spiro atoms. The Morgan fingerprint density at radius 2 is 1.71 bits per heavy atom. The van der Waals surface area contributed by atoms with E-state index in [2.05, 4.69) is 10.6 Å². The van der Waals surface area contributed by atoms with Crippen LogP contribution in [0.2, 0.25) is 0 Å². The molecule has 0 radical (unpaired) electrons. The zero-order chi connectivity index (χ0) is 20.5. The summed E-state index contributed by atoms with van der Waals surface area (Å²) < 4.78 is 0. The van der Waals surface area contributed by atoms with Gasteiger partial charge in [-0.25, -0.2) is 4.79 Å². The maximum atomic E-state index is 13.5. The quantitative estimate of drug-likeness (QED) is 0.784. The van der Waals surface area contributed by atoms with Crippen molar-refractivity contribution >= 4 is 17.8 Å². The van der Waals surface area contributed by atoms with Gasteiger partial charge >= 0.3 is 6.03 Å². The number of carbonyl (C=O) groups excluding carboxylic acids is 3. The van der Waals surface area contributed by atoms with Gasteiger partial charge in [0.15, 0.2) is 5.54 Å². The first-order valence-corrected chi connectivity index (χ1v) is 9.32. The molecule has 0 bridgehead atoms. The molecule has 1 fully saturated rings. The Morgan fingerprint density at radius 3 is 2.32 bits per heavy atom. The van der Waals surface area contributed by atoms with Crippen molar-refractivity contribution in [3.8, 4) is 0 Å². The first-order chi connectivity index (χ1) is 13.3. The molecule has 2 aromatic rings. The summed E-state index contributed by atoms with van der Waals surface area (Å²) >= 11 is 0. The molecular formula is C22H25N3O3. The summed E-state index contributed by atoms with van der Waals surface area (Å²) in [4.78, 5) is 39.4. The fourth-order valence-corrected chi connectivity index (χ4v) is 3.45. The summed E-state index contributed by atoms with van der Waals surface area (Å²) in [5.74, 6) is -0.826. The molecule has 0 unspecified atom stereocenters. The van der Waals surface area contributed by atoms with Gasteiger partial charge < -0.3 is 10.6 Å². The van der Waals surface area contributed by atoms with Crippen molar-refractivity contribution in [2.75, 3.05) is 6.54 Å². The zero-order valence-electron chi connectivity index (χ0n) is 16.6. The summed E-state index contributed by atoms with van der Waals surface area (Å²) in [6, 6.07) is 14.2. The van der Waals surface area contributed by atoms with E-state index in [1.807, 2.05) is 76.2 Å². The molecule has 1 atom stereocenters. The van der Waals surface area contributed by atoms with Crippen LogP contribution in [-0.4, -0.2) is 35.3 Å². The van der Waals surface area contributed by atoms with Crippen LogP contribution >= 0.6 is 0 Å². The Labute approximate surface area is 164 Å². The van der Waals surface area contributed by atoms with Crippen LogP contribution in [0.4, 0.5) is 4.79 Å². The van der Waals surface area contributed by atoms with Gasteiger partial charge in [-0.2, -0.15) is 0 Å². The zero-order valence-corrected chi connectivity index (χ0v) is 16.6. The minimum absolute atomic E-state index is 0.0769. The van der Waals surface area contributed by atoms with E-state index in [4.69, 9.17) is 0 Å². The molecule has 1 aliphatic heterocycles. The fourth-order valence-electron chi connectivity index (χ4n) is 3.45. The summed E-state index contributed by atoms with van der Waals surface area (Å²) in [5.41, 5.74) is 2.09. The predicted molar refractivity (Wildman–Crippen MR) is 107 cm³/mol. The largest absolute Gasteiger partial charge is 0.352 e. The second kappa shape index (κ2) is 7.46. The van der Waals surface area contributed by atoms with Gasteiger partial charge in [-0.05, 0) is 49.9 Å². The van der Waals surface area contributed by atoms with Crippen LogP contribution in [0.25, 0.3) is 0 Å². The van der Waals surface area contributed by atoms with Gasteiger partial charge in [0.1, 0.15) is 6.54 Å². The van der Waals surface area contributed by atoms with Crippen molar-refractivity contribution in [1.82, 2.24) is 15.5 Å². The first kappa shape index (κ1) is 19.6. The number of hydrogen-bond acceptors (Lipinski definition) is 3. The van der Waals surface area contributed by atoms with Crippen LogP contribution in [0, 0.1) is 13.8 Å². The number of rotatable bonds is 5. The van der Waals surface area contributed by atoms with E-state index in [-0.39, 0.29) is 18.5 Å². The molecule has 2 aromatic carbocycles. The number of nitrogens with zero attached hydrogens (tertiary/aromatic N) is 1. The van der Waals surface area contributed by atoms with E-state index in [1.165, 1.54) is 0 Å². The summed E-state index contributed by atoms with van der Waals surface area (Å²) in [6.45, 7) is 7.29. The van der Waals surface area contributed by atoms with Crippen LogP contribution < -0.4 is 10.6 Å². The van der Waals surface area contributed by atoms with Crippen molar-refractivity contribution in [2.24, 2.45) is 0 Å². The molecule has 4 amide bonds. The van der Waals surface area contributed by atoms with Crippen molar-refractivity contribution in [3.05, 3.63) is 70.8 Å². The Balaban J connectivity index is 2.08. The van der Waals surface area contributed by atoms with Crippen molar-refractivity contribution in [2.45, 2.75) is 39.3 Å². The normalized spacial score (nSPS) is 19.1.